The Hall–Kier alpha value is -4.68. The Morgan fingerprint density at radius 2 is 1.60 bits per heavy atom. The fourth-order valence-electron chi connectivity index (χ4n) is 11.9. The van der Waals surface area contributed by atoms with E-state index in [1.54, 1.807) is 14.8 Å². The second-order valence-corrected chi connectivity index (χ2v) is 23.0. The van der Waals surface area contributed by atoms with Crippen molar-refractivity contribution < 1.29 is 32.4 Å². The first-order chi connectivity index (χ1) is 32.7. The number of hydrogen-bond donors (Lipinski definition) is 2. The number of imide groups is 1. The van der Waals surface area contributed by atoms with Crippen molar-refractivity contribution in [2.24, 2.45) is 32.5 Å². The third-order valence-corrected chi connectivity index (χ3v) is 18.0. The lowest BCUT2D eigenvalue weighted by Crippen LogP contribution is -2.66. The van der Waals surface area contributed by atoms with Crippen molar-refractivity contribution in [1.82, 2.24) is 23.7 Å². The molecule has 2 spiro atoms. The van der Waals surface area contributed by atoms with Crippen molar-refractivity contribution in [3.8, 4) is 0 Å². The number of rotatable bonds is 19. The SMILES string of the molecule is CC1CCCC1N1C(=O)C2(CC2)/C(=C/N=CN)C1=NC1CCN(S(=O)(=O)N2CC3(CCCN(C(=O)CCCCCCCCCc4ccc(N(C=O)C5CCC(=O)NC5=O)c(N(C)C)c4)C3)C2)CC1. The first kappa shape index (κ1) is 49.7. The summed E-state index contributed by atoms with van der Waals surface area (Å²) in [5, 5.41) is 2.35. The highest BCUT2D eigenvalue weighted by molar-refractivity contribution is 7.86. The summed E-state index contributed by atoms with van der Waals surface area (Å²) in [5.74, 6) is 0.669. The number of aliphatic imine (C=N–C) groups is 2. The highest BCUT2D eigenvalue weighted by atomic mass is 32.2. The average Bonchev–Trinajstić information content (AvgIpc) is 3.96. The number of amides is 5. The maximum atomic E-state index is 13.9. The number of nitrogens with zero attached hydrogens (tertiary/aromatic N) is 8. The summed E-state index contributed by atoms with van der Waals surface area (Å²) in [6.45, 7) is 5.22. The molecular formula is C50H74N10O7S. The predicted molar refractivity (Wildman–Crippen MR) is 263 cm³/mol. The second-order valence-electron chi connectivity index (χ2n) is 21.0. The van der Waals surface area contributed by atoms with Gasteiger partial charge in [-0.25, -0.2) is 4.99 Å². The Balaban J connectivity index is 0.734. The van der Waals surface area contributed by atoms with Gasteiger partial charge in [0.15, 0.2) is 0 Å². The summed E-state index contributed by atoms with van der Waals surface area (Å²) in [6.07, 6.45) is 20.6. The molecule has 1 aromatic carbocycles. The Kier molecular flexibility index (Phi) is 15.5. The van der Waals surface area contributed by atoms with E-state index < -0.39 is 27.6 Å². The van der Waals surface area contributed by atoms with E-state index in [4.69, 9.17) is 10.7 Å². The summed E-state index contributed by atoms with van der Waals surface area (Å²) in [6, 6.07) is 5.29. The Morgan fingerprint density at radius 1 is 0.882 bits per heavy atom. The monoisotopic (exact) mass is 959 g/mol. The smallest absolute Gasteiger partial charge is 0.282 e. The number of hydrogen-bond acceptors (Lipinski definition) is 10. The number of unbranched alkanes of at least 4 members (excludes halogenated alkanes) is 6. The largest absolute Gasteiger partial charge is 0.390 e. The Bertz CT molecular complexity index is 2260. The summed E-state index contributed by atoms with van der Waals surface area (Å²) in [4.78, 5) is 80.5. The van der Waals surface area contributed by atoms with Gasteiger partial charge in [0, 0.05) is 89.4 Å². The van der Waals surface area contributed by atoms with Gasteiger partial charge in [0.25, 0.3) is 10.2 Å². The van der Waals surface area contributed by atoms with E-state index in [1.165, 1.54) is 11.2 Å². The van der Waals surface area contributed by atoms with E-state index in [2.05, 4.69) is 23.3 Å². The quantitative estimate of drug-likeness (QED) is 0.0637. The molecule has 0 bridgehead atoms. The number of nitrogens with two attached hydrogens (primary N) is 1. The molecule has 3 N–H and O–H groups in total. The molecule has 5 saturated heterocycles. The zero-order chi connectivity index (χ0) is 48.2. The number of piperidine rings is 3. The van der Waals surface area contributed by atoms with Gasteiger partial charge < -0.3 is 20.4 Å². The first-order valence-corrected chi connectivity index (χ1v) is 26.9. The van der Waals surface area contributed by atoms with Gasteiger partial charge in [-0.3, -0.25) is 39.2 Å². The van der Waals surface area contributed by atoms with Crippen LogP contribution in [0.5, 0.6) is 0 Å². The third-order valence-electron chi connectivity index (χ3n) is 16.0. The molecule has 0 aromatic heterocycles. The molecule has 7 fully saturated rings. The minimum atomic E-state index is -3.65. The van der Waals surface area contributed by atoms with Crippen molar-refractivity contribution in [2.75, 3.05) is 63.2 Å². The molecule has 3 atom stereocenters. The molecule has 5 amide bonds. The van der Waals surface area contributed by atoms with Crippen LogP contribution >= 0.6 is 0 Å². The number of anilines is 2. The molecule has 0 radical (unpaired) electrons. The van der Waals surface area contributed by atoms with Crippen LogP contribution in [0.4, 0.5) is 11.4 Å². The first-order valence-electron chi connectivity index (χ1n) is 25.5. The van der Waals surface area contributed by atoms with Gasteiger partial charge in [-0.05, 0) is 101 Å². The van der Waals surface area contributed by atoms with Crippen LogP contribution < -0.4 is 20.9 Å². The van der Waals surface area contributed by atoms with Crippen LogP contribution in [0.25, 0.3) is 0 Å². The van der Waals surface area contributed by atoms with Gasteiger partial charge in [-0.2, -0.15) is 17.0 Å². The van der Waals surface area contributed by atoms with Crippen LogP contribution in [0, 0.1) is 16.7 Å². The molecule has 8 rings (SSSR count). The van der Waals surface area contributed by atoms with Gasteiger partial charge >= 0.3 is 0 Å². The molecule has 372 valence electrons. The summed E-state index contributed by atoms with van der Waals surface area (Å²) in [7, 11) is 0.178. The number of likely N-dealkylation sites (tertiary alicyclic amines) is 2. The molecule has 5 heterocycles. The lowest BCUT2D eigenvalue weighted by Gasteiger charge is -2.54. The van der Waals surface area contributed by atoms with E-state index in [1.807, 2.05) is 40.9 Å². The van der Waals surface area contributed by atoms with Crippen LogP contribution in [0.15, 0.2) is 40.0 Å². The number of carbonyl (C=O) groups is 5. The molecule has 68 heavy (non-hydrogen) atoms. The maximum absolute atomic E-state index is 13.9. The maximum Gasteiger partial charge on any atom is 0.282 e. The molecule has 17 nitrogen and oxygen atoms in total. The summed E-state index contributed by atoms with van der Waals surface area (Å²) >= 11 is 0. The number of nitrogens with one attached hydrogen (secondary N) is 1. The van der Waals surface area contributed by atoms with E-state index >= 15 is 0 Å². The number of benzene rings is 1. The summed E-state index contributed by atoms with van der Waals surface area (Å²) in [5.41, 5.74) is 8.43. The average molecular weight is 959 g/mol. The molecular weight excluding hydrogens is 885 g/mol. The molecule has 2 saturated carbocycles. The molecule has 5 aliphatic heterocycles. The van der Waals surface area contributed by atoms with Crippen molar-refractivity contribution >= 4 is 63.8 Å². The van der Waals surface area contributed by atoms with Gasteiger partial charge in [-0.1, -0.05) is 51.5 Å². The normalized spacial score (nSPS) is 26.6. The van der Waals surface area contributed by atoms with Gasteiger partial charge in [0.1, 0.15) is 11.9 Å². The zero-order valence-electron chi connectivity index (χ0n) is 40.6. The van der Waals surface area contributed by atoms with E-state index in [9.17, 15) is 32.4 Å². The van der Waals surface area contributed by atoms with Gasteiger partial charge in [0.05, 0.1) is 29.2 Å². The minimum absolute atomic E-state index is 0.0947. The third kappa shape index (κ3) is 10.4. The topological polar surface area (TPSA) is 202 Å². The molecule has 3 unspecified atom stereocenters. The van der Waals surface area contributed by atoms with E-state index in [0.29, 0.717) is 76.4 Å². The molecule has 7 aliphatic rings. The van der Waals surface area contributed by atoms with E-state index in [-0.39, 0.29) is 41.6 Å². The van der Waals surface area contributed by atoms with Crippen molar-refractivity contribution in [3.05, 3.63) is 35.5 Å². The number of aryl methyl sites for hydroxylation is 1. The summed E-state index contributed by atoms with van der Waals surface area (Å²) < 4.78 is 31.1. The van der Waals surface area contributed by atoms with Crippen LogP contribution in [0.3, 0.4) is 0 Å². The standard InChI is InChI=1S/C50H74N10O7S/c1-36-13-11-15-40(36)60-46(39(30-52-34-51)50(24-25-50)48(60)65)53-38-21-27-57(28-22-38)68(66,67)58-32-49(33-58)23-12-26-56(31-49)45(63)16-10-8-6-4-5-7-9-14-37-17-18-41(43(29-37)55(2)3)59(35-61)42-19-20-44(62)54-47(42)64/h17-18,29-30,34-36,38,40,42H,4-16,19-28,31-33H2,1-3H3,(H2,51,52)(H,54,62,64)/b39-30+,53-46?. The second kappa shape index (κ2) is 21.1. The van der Waals surface area contributed by atoms with Crippen LogP contribution in [-0.2, 0) is 40.6 Å². The fraction of sp³-hybridized carbons (Fsp3) is 0.700. The lowest BCUT2D eigenvalue weighted by atomic mass is 9.75. The predicted octanol–water partition coefficient (Wildman–Crippen LogP) is 4.90. The van der Waals surface area contributed by atoms with E-state index in [0.717, 1.165) is 126 Å². The lowest BCUT2D eigenvalue weighted by molar-refractivity contribution is -0.137. The fourth-order valence-corrected chi connectivity index (χ4v) is 13.8. The van der Waals surface area contributed by atoms with Crippen LogP contribution in [0.2, 0.25) is 0 Å². The van der Waals surface area contributed by atoms with Crippen molar-refractivity contribution in [2.45, 2.75) is 153 Å². The zero-order valence-corrected chi connectivity index (χ0v) is 41.4. The van der Waals surface area contributed by atoms with Crippen molar-refractivity contribution in [3.63, 3.8) is 0 Å². The Labute approximate surface area is 403 Å². The number of amidine groups is 1. The molecule has 1 aromatic rings. The molecule has 18 heteroatoms. The highest BCUT2D eigenvalue weighted by Crippen LogP contribution is 2.59. The van der Waals surface area contributed by atoms with Crippen molar-refractivity contribution in [1.29, 1.82) is 0 Å². The van der Waals surface area contributed by atoms with Crippen LogP contribution in [-0.4, -0.2) is 141 Å². The minimum Gasteiger partial charge on any atom is -0.390 e. The highest BCUT2D eigenvalue weighted by Gasteiger charge is 2.64. The van der Waals surface area contributed by atoms with Gasteiger partial charge in [-0.15, -0.1) is 0 Å². The van der Waals surface area contributed by atoms with Gasteiger partial charge in [0.2, 0.25) is 30.0 Å². The Morgan fingerprint density at radius 3 is 2.25 bits per heavy atom. The molecule has 2 aliphatic carbocycles. The van der Waals surface area contributed by atoms with Crippen LogP contribution in [0.1, 0.15) is 134 Å². The number of carbonyl (C=O) groups excluding carboxylic acids is 5.